The molecule has 7 nitrogen and oxygen atoms in total. The first-order valence-corrected chi connectivity index (χ1v) is 8.85. The van der Waals surface area contributed by atoms with Crippen LogP contribution in [0.15, 0.2) is 72.8 Å². The van der Waals surface area contributed by atoms with Crippen molar-refractivity contribution in [3.63, 3.8) is 0 Å². The number of benzene rings is 3. The highest BCUT2D eigenvalue weighted by Gasteiger charge is 2.16. The predicted molar refractivity (Wildman–Crippen MR) is 110 cm³/mol. The van der Waals surface area contributed by atoms with Crippen LogP contribution < -0.4 is 5.32 Å². The van der Waals surface area contributed by atoms with Gasteiger partial charge in [-0.05, 0) is 53.6 Å². The Bertz CT molecular complexity index is 1090. The van der Waals surface area contributed by atoms with Crippen molar-refractivity contribution in [3.8, 4) is 0 Å². The highest BCUT2D eigenvalue weighted by atomic mass is 16.6. The molecule has 0 unspecified atom stereocenters. The van der Waals surface area contributed by atoms with Crippen molar-refractivity contribution < 1.29 is 19.2 Å². The fourth-order valence-corrected chi connectivity index (χ4v) is 2.65. The number of fused-ring (bicyclic) bond motifs is 1. The predicted octanol–water partition coefficient (Wildman–Crippen LogP) is 4.33. The van der Waals surface area contributed by atoms with Crippen LogP contribution >= 0.6 is 0 Å². The number of esters is 1. The second-order valence-electron chi connectivity index (χ2n) is 6.31. The molecule has 0 bridgehead atoms. The van der Waals surface area contributed by atoms with E-state index in [1.807, 2.05) is 36.4 Å². The number of hydrogen-bond acceptors (Lipinski definition) is 5. The average Bonchev–Trinajstić information content (AvgIpc) is 2.72. The van der Waals surface area contributed by atoms with Crippen LogP contribution in [-0.2, 0) is 14.3 Å². The lowest BCUT2D eigenvalue weighted by Gasteiger charge is -2.13. The molecule has 29 heavy (non-hydrogen) atoms. The van der Waals surface area contributed by atoms with Crippen molar-refractivity contribution in [3.05, 3.63) is 88.5 Å². The zero-order valence-corrected chi connectivity index (χ0v) is 15.6. The second-order valence-corrected chi connectivity index (χ2v) is 6.31. The number of non-ortho nitro benzene ring substituents is 1. The van der Waals surface area contributed by atoms with Crippen molar-refractivity contribution >= 4 is 40.1 Å². The Hall–Kier alpha value is -4.00. The minimum Gasteiger partial charge on any atom is -0.449 e. The third kappa shape index (κ3) is 5.26. The molecule has 0 fully saturated rings. The van der Waals surface area contributed by atoms with Crippen LogP contribution in [0.5, 0.6) is 0 Å². The molecule has 7 heteroatoms. The number of ether oxygens (including phenoxy) is 1. The number of hydrogen-bond donors (Lipinski definition) is 1. The van der Waals surface area contributed by atoms with E-state index in [0.717, 1.165) is 10.8 Å². The number of anilines is 1. The van der Waals surface area contributed by atoms with Gasteiger partial charge in [0, 0.05) is 23.9 Å². The molecule has 0 heterocycles. The van der Waals surface area contributed by atoms with Gasteiger partial charge in [0.05, 0.1) is 4.92 Å². The number of rotatable bonds is 6. The van der Waals surface area contributed by atoms with E-state index in [0.29, 0.717) is 11.3 Å². The molecule has 0 radical (unpaired) electrons. The fourth-order valence-electron chi connectivity index (χ4n) is 2.65. The van der Waals surface area contributed by atoms with Gasteiger partial charge in [0.2, 0.25) is 0 Å². The van der Waals surface area contributed by atoms with E-state index in [-0.39, 0.29) is 5.69 Å². The van der Waals surface area contributed by atoms with Gasteiger partial charge in [-0.1, -0.05) is 30.3 Å². The van der Waals surface area contributed by atoms with Gasteiger partial charge in [-0.25, -0.2) is 4.79 Å². The van der Waals surface area contributed by atoms with E-state index in [4.69, 9.17) is 4.74 Å². The fraction of sp³-hybridized carbons (Fsp3) is 0.0909. The first-order valence-electron chi connectivity index (χ1n) is 8.85. The van der Waals surface area contributed by atoms with Gasteiger partial charge in [0.1, 0.15) is 0 Å². The van der Waals surface area contributed by atoms with Gasteiger partial charge in [-0.3, -0.25) is 14.9 Å². The van der Waals surface area contributed by atoms with Crippen molar-refractivity contribution in [2.45, 2.75) is 13.0 Å². The van der Waals surface area contributed by atoms with Crippen molar-refractivity contribution in [2.75, 3.05) is 5.32 Å². The maximum absolute atomic E-state index is 12.3. The lowest BCUT2D eigenvalue weighted by Crippen LogP contribution is -2.29. The SMILES string of the molecule is C[C@H](OC(=O)/C=C/c1ccc([N+](=O)[O-])cc1)C(=O)Nc1ccc2ccccc2c1. The molecule has 0 aromatic heterocycles. The first-order chi connectivity index (χ1) is 13.9. The number of carbonyl (C=O) groups excluding carboxylic acids is 2. The van der Waals surface area contributed by atoms with Crippen molar-refractivity contribution in [2.24, 2.45) is 0 Å². The van der Waals surface area contributed by atoms with Gasteiger partial charge < -0.3 is 10.1 Å². The highest BCUT2D eigenvalue weighted by molar-refractivity contribution is 5.98. The summed E-state index contributed by atoms with van der Waals surface area (Å²) >= 11 is 0. The van der Waals surface area contributed by atoms with Crippen LogP contribution in [0.25, 0.3) is 16.8 Å². The summed E-state index contributed by atoms with van der Waals surface area (Å²) in [5, 5.41) is 15.4. The molecule has 3 aromatic carbocycles. The summed E-state index contributed by atoms with van der Waals surface area (Å²) in [5.74, 6) is -1.14. The molecule has 0 saturated heterocycles. The molecular weight excluding hydrogens is 372 g/mol. The zero-order chi connectivity index (χ0) is 20.8. The summed E-state index contributed by atoms with van der Waals surface area (Å²) in [6.07, 6.45) is 1.64. The average molecular weight is 390 g/mol. The first kappa shape index (κ1) is 19.8. The molecule has 0 aliphatic carbocycles. The molecule has 1 N–H and O–H groups in total. The van der Waals surface area contributed by atoms with E-state index in [2.05, 4.69) is 5.32 Å². The monoisotopic (exact) mass is 390 g/mol. The minimum atomic E-state index is -0.990. The number of nitro benzene ring substituents is 1. The lowest BCUT2D eigenvalue weighted by molar-refractivity contribution is -0.384. The molecule has 0 saturated carbocycles. The number of nitro groups is 1. The molecule has 0 spiro atoms. The number of amides is 1. The number of nitrogens with zero attached hydrogens (tertiary/aromatic N) is 1. The van der Waals surface area contributed by atoms with Crippen LogP contribution in [0, 0.1) is 10.1 Å². The lowest BCUT2D eigenvalue weighted by atomic mass is 10.1. The Labute approximate surface area is 166 Å². The summed E-state index contributed by atoms with van der Waals surface area (Å²) in [5.41, 5.74) is 1.17. The Morgan fingerprint density at radius 2 is 1.72 bits per heavy atom. The molecule has 0 aliphatic heterocycles. The Morgan fingerprint density at radius 3 is 2.41 bits per heavy atom. The van der Waals surface area contributed by atoms with Crippen molar-refractivity contribution in [1.29, 1.82) is 0 Å². The van der Waals surface area contributed by atoms with Gasteiger partial charge in [0.25, 0.3) is 11.6 Å². The van der Waals surface area contributed by atoms with E-state index in [9.17, 15) is 19.7 Å². The third-order valence-corrected chi connectivity index (χ3v) is 4.19. The van der Waals surface area contributed by atoms with E-state index >= 15 is 0 Å². The molecule has 1 amide bonds. The van der Waals surface area contributed by atoms with Gasteiger partial charge in [-0.2, -0.15) is 0 Å². The van der Waals surface area contributed by atoms with Gasteiger partial charge in [-0.15, -0.1) is 0 Å². The largest absolute Gasteiger partial charge is 0.449 e. The Kier molecular flexibility index (Phi) is 5.99. The summed E-state index contributed by atoms with van der Waals surface area (Å²) in [4.78, 5) is 34.4. The molecule has 0 aliphatic rings. The molecule has 3 rings (SSSR count). The summed E-state index contributed by atoms with van der Waals surface area (Å²) < 4.78 is 5.11. The standard InChI is InChI=1S/C22H18N2O5/c1-15(22(26)23-19-10-9-17-4-2-3-5-18(17)14-19)29-21(25)13-8-16-6-11-20(12-7-16)24(27)28/h2-15H,1H3,(H,23,26)/b13-8+/t15-/m0/s1. The van der Waals surface area contributed by atoms with Crippen LogP contribution in [0.3, 0.4) is 0 Å². The minimum absolute atomic E-state index is 0.0382. The zero-order valence-electron chi connectivity index (χ0n) is 15.6. The van der Waals surface area contributed by atoms with Gasteiger partial charge in [0.15, 0.2) is 6.10 Å². The third-order valence-electron chi connectivity index (χ3n) is 4.19. The van der Waals surface area contributed by atoms with Crippen molar-refractivity contribution in [1.82, 2.24) is 0 Å². The molecule has 3 aromatic rings. The topological polar surface area (TPSA) is 98.5 Å². The number of carbonyl (C=O) groups is 2. The quantitative estimate of drug-likeness (QED) is 0.292. The smallest absolute Gasteiger partial charge is 0.331 e. The van der Waals surface area contributed by atoms with Gasteiger partial charge >= 0.3 is 5.97 Å². The maximum Gasteiger partial charge on any atom is 0.331 e. The van der Waals surface area contributed by atoms with E-state index in [1.54, 1.807) is 6.07 Å². The Morgan fingerprint density at radius 1 is 1.03 bits per heavy atom. The van der Waals surface area contributed by atoms with Crippen LogP contribution in [0.1, 0.15) is 12.5 Å². The summed E-state index contributed by atoms with van der Waals surface area (Å²) in [6.45, 7) is 1.48. The van der Waals surface area contributed by atoms with Crippen LogP contribution in [0.2, 0.25) is 0 Å². The number of nitrogens with one attached hydrogen (secondary N) is 1. The highest BCUT2D eigenvalue weighted by Crippen LogP contribution is 2.19. The van der Waals surface area contributed by atoms with Crippen LogP contribution in [0.4, 0.5) is 11.4 Å². The second kappa shape index (κ2) is 8.79. The molecule has 1 atom stereocenters. The molecule has 146 valence electrons. The van der Waals surface area contributed by atoms with Crippen LogP contribution in [-0.4, -0.2) is 22.9 Å². The summed E-state index contributed by atoms with van der Waals surface area (Å²) in [7, 11) is 0. The van der Waals surface area contributed by atoms with E-state index < -0.39 is 22.9 Å². The summed E-state index contributed by atoms with van der Waals surface area (Å²) in [6, 6.07) is 19.0. The maximum atomic E-state index is 12.3. The molecular formula is C22H18N2O5. The Balaban J connectivity index is 1.56. The normalized spacial score (nSPS) is 11.9. The van der Waals surface area contributed by atoms with E-state index in [1.165, 1.54) is 43.3 Å².